The number of carbonyl (C=O) groups is 6. The van der Waals surface area contributed by atoms with Gasteiger partial charge in [0.1, 0.15) is 5.76 Å². The van der Waals surface area contributed by atoms with Gasteiger partial charge in [0.25, 0.3) is 0 Å². The summed E-state index contributed by atoms with van der Waals surface area (Å²) in [7, 11) is 3.34. The van der Waals surface area contributed by atoms with E-state index in [0.29, 0.717) is 30.9 Å². The first-order valence-corrected chi connectivity index (χ1v) is 14.7. The average Bonchev–Trinajstić information content (AvgIpc) is 3.38. The molecule has 0 amide bonds. The zero-order valence-corrected chi connectivity index (χ0v) is 25.6. The second-order valence-electron chi connectivity index (χ2n) is 12.0. The van der Waals surface area contributed by atoms with Crippen LogP contribution in [0, 0.1) is 0 Å². The van der Waals surface area contributed by atoms with Crippen molar-refractivity contribution in [3.05, 3.63) is 35.1 Å². The highest BCUT2D eigenvalue weighted by atomic mass is 16.6. The number of esters is 3. The fourth-order valence-corrected chi connectivity index (χ4v) is 7.11. The number of benzene rings is 1. The Morgan fingerprint density at radius 1 is 0.979 bits per heavy atom. The number of likely N-dealkylation sites (N-methyl/N-ethyl adjacent to an activating group) is 1. The number of rotatable bonds is 13. The van der Waals surface area contributed by atoms with Gasteiger partial charge < -0.3 is 59.2 Å². The lowest BCUT2D eigenvalue weighted by Gasteiger charge is -2.61. The van der Waals surface area contributed by atoms with Crippen LogP contribution in [0.5, 0.6) is 11.5 Å². The maximum atomic E-state index is 13.3. The van der Waals surface area contributed by atoms with E-state index in [-0.39, 0.29) is 18.2 Å². The topological polar surface area (TPSA) is 273 Å². The van der Waals surface area contributed by atoms with Crippen LogP contribution >= 0.6 is 0 Å². The zero-order valence-electron chi connectivity index (χ0n) is 25.6. The molecule has 1 aromatic carbocycles. The molecule has 0 radical (unpaired) electrons. The summed E-state index contributed by atoms with van der Waals surface area (Å²) in [6, 6.07) is 3.29. The van der Waals surface area contributed by atoms with Crippen LogP contribution in [0.3, 0.4) is 0 Å². The molecule has 2 heterocycles. The maximum absolute atomic E-state index is 13.3. The number of ether oxygens (including phenoxy) is 5. The molecule has 1 fully saturated rings. The van der Waals surface area contributed by atoms with Crippen LogP contribution in [0.2, 0.25) is 0 Å². The van der Waals surface area contributed by atoms with Gasteiger partial charge in [0.2, 0.25) is 12.2 Å². The van der Waals surface area contributed by atoms with Crippen molar-refractivity contribution in [2.45, 2.75) is 79.7 Å². The van der Waals surface area contributed by atoms with Crippen molar-refractivity contribution in [1.29, 1.82) is 0 Å². The van der Waals surface area contributed by atoms with Crippen molar-refractivity contribution >= 4 is 35.8 Å². The highest BCUT2D eigenvalue weighted by Gasteiger charge is 2.72. The number of piperidine rings is 1. The highest BCUT2D eigenvalue weighted by molar-refractivity contribution is 5.90. The number of nitrogens with zero attached hydrogens (tertiary/aromatic N) is 1. The summed E-state index contributed by atoms with van der Waals surface area (Å²) in [4.78, 5) is 74.3. The number of aliphatic hydroxyl groups is 3. The standard InChI is InChI=1S/C30H33NO17/c1-31-8-7-29-20-12-3-4-13(44-2)23(20)48-24(29)14(5-6-30(29,43)17(31)9-12)45-19(34)11-16(47-28(42)22(36)21(35)26(39)40)27(41)46-15(25(37)38)10-18(32)33/h3-5,15-17,21-22,24,35-36,43H,6-11H2,1-2H3,(H,32,33)(H,37,38)(H,39,40)/t15-,16-,17+,21+,22+,24-,29-,30+/m0/s1. The summed E-state index contributed by atoms with van der Waals surface area (Å²) in [6.45, 7) is 0.555. The Bertz CT molecular complexity index is 1590. The van der Waals surface area contributed by atoms with Crippen molar-refractivity contribution in [1.82, 2.24) is 4.90 Å². The number of likely N-dealkylation sites (tertiary alicyclic amines) is 1. The van der Waals surface area contributed by atoms with Crippen LogP contribution in [0.1, 0.15) is 36.8 Å². The average molecular weight is 680 g/mol. The first-order valence-electron chi connectivity index (χ1n) is 14.7. The van der Waals surface area contributed by atoms with Gasteiger partial charge in [-0.3, -0.25) is 9.59 Å². The van der Waals surface area contributed by atoms with Gasteiger partial charge in [-0.05, 0) is 44.1 Å². The molecular weight excluding hydrogens is 646 g/mol. The van der Waals surface area contributed by atoms with Crippen LogP contribution in [-0.2, 0) is 54.8 Å². The first kappa shape index (κ1) is 34.6. The monoisotopic (exact) mass is 679 g/mol. The van der Waals surface area contributed by atoms with E-state index >= 15 is 0 Å². The Morgan fingerprint density at radius 3 is 2.29 bits per heavy atom. The van der Waals surface area contributed by atoms with Gasteiger partial charge >= 0.3 is 35.8 Å². The molecular formula is C30H33NO17. The third kappa shape index (κ3) is 5.59. The number of aliphatic hydroxyl groups excluding tert-OH is 2. The number of carboxylic acid groups (broad SMARTS) is 3. The normalized spacial score (nSPS) is 27.5. The molecule has 2 aliphatic carbocycles. The molecule has 2 aliphatic heterocycles. The number of carbonyl (C=O) groups excluding carboxylic acids is 3. The Morgan fingerprint density at radius 2 is 1.67 bits per heavy atom. The number of aliphatic carboxylic acids is 3. The third-order valence-corrected chi connectivity index (χ3v) is 9.35. The van der Waals surface area contributed by atoms with Crippen molar-refractivity contribution in [3.8, 4) is 11.5 Å². The zero-order chi connectivity index (χ0) is 35.3. The van der Waals surface area contributed by atoms with E-state index in [1.54, 1.807) is 6.07 Å². The van der Waals surface area contributed by atoms with Gasteiger partial charge in [0, 0.05) is 18.0 Å². The van der Waals surface area contributed by atoms with E-state index in [2.05, 4.69) is 4.74 Å². The van der Waals surface area contributed by atoms with Gasteiger partial charge in [-0.1, -0.05) is 6.07 Å². The highest BCUT2D eigenvalue weighted by Crippen LogP contribution is 2.65. The Hall–Kier alpha value is -4.78. The molecule has 1 spiro atoms. The van der Waals surface area contributed by atoms with Crippen molar-refractivity contribution in [3.63, 3.8) is 0 Å². The molecule has 5 rings (SSSR count). The Balaban J connectivity index is 1.43. The van der Waals surface area contributed by atoms with E-state index in [1.165, 1.54) is 13.2 Å². The van der Waals surface area contributed by atoms with Gasteiger partial charge in [0.15, 0.2) is 29.8 Å². The molecule has 2 bridgehead atoms. The molecule has 18 heteroatoms. The minimum atomic E-state index is -2.75. The molecule has 0 aromatic heterocycles. The van der Waals surface area contributed by atoms with Gasteiger partial charge in [-0.15, -0.1) is 0 Å². The number of hydrogen-bond acceptors (Lipinski definition) is 15. The molecule has 0 saturated carbocycles. The Kier molecular flexibility index (Phi) is 9.13. The van der Waals surface area contributed by atoms with E-state index < -0.39 is 90.2 Å². The number of carboxylic acids is 3. The van der Waals surface area contributed by atoms with Crippen molar-refractivity contribution in [2.24, 2.45) is 0 Å². The summed E-state index contributed by atoms with van der Waals surface area (Å²) >= 11 is 0. The molecule has 8 atom stereocenters. The lowest BCUT2D eigenvalue weighted by atomic mass is 9.50. The molecule has 18 nitrogen and oxygen atoms in total. The summed E-state index contributed by atoms with van der Waals surface area (Å²) in [6.07, 6.45) is -11.2. The summed E-state index contributed by atoms with van der Waals surface area (Å²) in [5.41, 5.74) is -0.808. The predicted molar refractivity (Wildman–Crippen MR) is 151 cm³/mol. The van der Waals surface area contributed by atoms with Crippen molar-refractivity contribution < 1.29 is 83.1 Å². The van der Waals surface area contributed by atoms with Crippen LogP contribution in [0.25, 0.3) is 0 Å². The molecule has 4 aliphatic rings. The molecule has 1 saturated heterocycles. The molecule has 260 valence electrons. The van der Waals surface area contributed by atoms with Crippen LogP contribution in [0.4, 0.5) is 0 Å². The van der Waals surface area contributed by atoms with Crippen LogP contribution < -0.4 is 9.47 Å². The molecule has 6 N–H and O–H groups in total. The number of hydrogen-bond donors (Lipinski definition) is 6. The van der Waals surface area contributed by atoms with E-state index in [4.69, 9.17) is 29.2 Å². The van der Waals surface area contributed by atoms with Gasteiger partial charge in [-0.2, -0.15) is 0 Å². The molecule has 0 unspecified atom stereocenters. The minimum absolute atomic E-state index is 0.0236. The van der Waals surface area contributed by atoms with E-state index in [1.807, 2.05) is 18.0 Å². The summed E-state index contributed by atoms with van der Waals surface area (Å²) in [5, 5.41) is 58.8. The SMILES string of the molecule is COc1ccc2c3c1O[C@H]1C(OC(=O)C[C@H](OC(=O)[C@H](O)[C@@H](O)C(=O)O)C(=O)O[C@@H](CC(=O)O)C(=O)O)=CC[C@@]4(O)[C@@H](C2)N(C)CC[C@]314. The summed E-state index contributed by atoms with van der Waals surface area (Å²) in [5.74, 6) is -9.85. The lowest BCUT2D eigenvalue weighted by Crippen LogP contribution is -2.74. The molecule has 48 heavy (non-hydrogen) atoms. The van der Waals surface area contributed by atoms with Crippen LogP contribution in [0.15, 0.2) is 24.0 Å². The quantitative estimate of drug-likeness (QED) is 0.0980. The maximum Gasteiger partial charge on any atom is 0.348 e. The fraction of sp³-hybridized carbons (Fsp3) is 0.533. The van der Waals surface area contributed by atoms with Gasteiger partial charge in [0.05, 0.1) is 31.0 Å². The van der Waals surface area contributed by atoms with Crippen molar-refractivity contribution in [2.75, 3.05) is 20.7 Å². The second kappa shape index (κ2) is 12.7. The largest absolute Gasteiger partial charge is 0.493 e. The summed E-state index contributed by atoms with van der Waals surface area (Å²) < 4.78 is 26.9. The minimum Gasteiger partial charge on any atom is -0.493 e. The van der Waals surface area contributed by atoms with E-state index in [0.717, 1.165) is 11.1 Å². The van der Waals surface area contributed by atoms with E-state index in [9.17, 15) is 49.2 Å². The number of methoxy groups -OCH3 is 1. The van der Waals surface area contributed by atoms with Crippen LogP contribution in [-0.4, -0.2) is 134 Å². The first-order chi connectivity index (χ1) is 22.5. The third-order valence-electron chi connectivity index (χ3n) is 9.35. The smallest absolute Gasteiger partial charge is 0.348 e. The Labute approximate surface area is 271 Å². The predicted octanol–water partition coefficient (Wildman–Crippen LogP) is -1.90. The molecule has 1 aromatic rings. The lowest BCUT2D eigenvalue weighted by molar-refractivity contribution is -0.187. The fourth-order valence-electron chi connectivity index (χ4n) is 7.11. The van der Waals surface area contributed by atoms with Gasteiger partial charge in [-0.25, -0.2) is 19.2 Å². The second-order valence-corrected chi connectivity index (χ2v) is 12.0.